The van der Waals surface area contributed by atoms with E-state index in [9.17, 15) is 9.18 Å². The van der Waals surface area contributed by atoms with Crippen molar-refractivity contribution in [1.82, 2.24) is 5.32 Å². The summed E-state index contributed by atoms with van der Waals surface area (Å²) in [6.45, 7) is 0.776. The lowest BCUT2D eigenvalue weighted by molar-refractivity contribution is -0.116. The fraction of sp³-hybridized carbons (Fsp3) is 0.400. The zero-order chi connectivity index (χ0) is 14.8. The van der Waals surface area contributed by atoms with Gasteiger partial charge in [0.05, 0.1) is 5.02 Å². The van der Waals surface area contributed by atoms with Crippen molar-refractivity contribution in [3.63, 3.8) is 0 Å². The summed E-state index contributed by atoms with van der Waals surface area (Å²) in [7, 11) is 0. The van der Waals surface area contributed by atoms with Crippen molar-refractivity contribution >= 4 is 23.6 Å². The highest BCUT2D eigenvalue weighted by molar-refractivity contribution is 6.32. The number of benzene rings is 1. The normalized spacial score (nSPS) is 10.9. The van der Waals surface area contributed by atoms with Gasteiger partial charge in [-0.15, -0.1) is 0 Å². The third kappa shape index (κ3) is 6.17. The van der Waals surface area contributed by atoms with Crippen LogP contribution in [0.2, 0.25) is 5.02 Å². The lowest BCUT2D eigenvalue weighted by atomic mass is 10.2. The van der Waals surface area contributed by atoms with E-state index in [1.165, 1.54) is 24.3 Å². The number of halogens is 2. The number of amides is 1. The van der Waals surface area contributed by atoms with Gasteiger partial charge in [-0.25, -0.2) is 4.39 Å². The molecular formula is C15H19ClFNO2. The molecule has 0 bridgehead atoms. The first kappa shape index (κ1) is 16.7. The van der Waals surface area contributed by atoms with Crippen LogP contribution < -0.4 is 5.32 Å². The largest absolute Gasteiger partial charge is 0.396 e. The van der Waals surface area contributed by atoms with E-state index >= 15 is 0 Å². The van der Waals surface area contributed by atoms with Crippen LogP contribution in [0.1, 0.15) is 31.2 Å². The molecule has 1 aromatic rings. The van der Waals surface area contributed by atoms with Crippen molar-refractivity contribution in [2.75, 3.05) is 13.2 Å². The minimum Gasteiger partial charge on any atom is -0.396 e. The van der Waals surface area contributed by atoms with Crippen LogP contribution in [0.25, 0.3) is 6.08 Å². The van der Waals surface area contributed by atoms with E-state index in [2.05, 4.69) is 5.32 Å². The Morgan fingerprint density at radius 3 is 2.75 bits per heavy atom. The minimum atomic E-state index is -0.453. The van der Waals surface area contributed by atoms with Gasteiger partial charge in [-0.1, -0.05) is 30.5 Å². The van der Waals surface area contributed by atoms with E-state index in [1.54, 1.807) is 6.07 Å². The number of hydrogen-bond acceptors (Lipinski definition) is 2. The fourth-order valence-electron chi connectivity index (χ4n) is 1.69. The van der Waals surface area contributed by atoms with Crippen LogP contribution in [-0.2, 0) is 4.79 Å². The molecule has 1 aromatic carbocycles. The topological polar surface area (TPSA) is 49.3 Å². The summed E-state index contributed by atoms with van der Waals surface area (Å²) in [6, 6.07) is 4.38. The van der Waals surface area contributed by atoms with Crippen LogP contribution in [0.5, 0.6) is 0 Å². The second kappa shape index (κ2) is 9.50. The maximum atomic E-state index is 13.4. The molecule has 0 unspecified atom stereocenters. The molecule has 0 aliphatic heterocycles. The lowest BCUT2D eigenvalue weighted by Crippen LogP contribution is -2.22. The van der Waals surface area contributed by atoms with Crippen molar-refractivity contribution in [1.29, 1.82) is 0 Å². The maximum absolute atomic E-state index is 13.4. The van der Waals surface area contributed by atoms with Gasteiger partial charge in [-0.2, -0.15) is 0 Å². The molecule has 2 N–H and O–H groups in total. The smallest absolute Gasteiger partial charge is 0.244 e. The SMILES string of the molecule is O=C(/C=C/c1c(F)cccc1Cl)NCCCCCCO. The van der Waals surface area contributed by atoms with Gasteiger partial charge in [0.25, 0.3) is 0 Å². The molecule has 0 fully saturated rings. The molecule has 5 heteroatoms. The summed E-state index contributed by atoms with van der Waals surface area (Å²) in [6.07, 6.45) is 6.22. The molecule has 0 atom stereocenters. The summed E-state index contributed by atoms with van der Waals surface area (Å²) in [5.74, 6) is -0.725. The first-order valence-corrected chi connectivity index (χ1v) is 7.03. The molecule has 0 spiro atoms. The van der Waals surface area contributed by atoms with Crippen molar-refractivity contribution in [3.05, 3.63) is 40.7 Å². The van der Waals surface area contributed by atoms with Crippen LogP contribution in [0, 0.1) is 5.82 Å². The maximum Gasteiger partial charge on any atom is 0.244 e. The molecule has 20 heavy (non-hydrogen) atoms. The van der Waals surface area contributed by atoms with Crippen molar-refractivity contribution in [3.8, 4) is 0 Å². The summed E-state index contributed by atoms with van der Waals surface area (Å²) in [5.41, 5.74) is 0.215. The monoisotopic (exact) mass is 299 g/mol. The number of rotatable bonds is 8. The van der Waals surface area contributed by atoms with Crippen LogP contribution >= 0.6 is 11.6 Å². The summed E-state index contributed by atoms with van der Waals surface area (Å²) in [4.78, 5) is 11.5. The first-order valence-electron chi connectivity index (χ1n) is 6.66. The van der Waals surface area contributed by atoms with Gasteiger partial charge < -0.3 is 10.4 Å². The molecule has 0 aliphatic carbocycles. The minimum absolute atomic E-state index is 0.207. The Hall–Kier alpha value is -1.39. The van der Waals surface area contributed by atoms with Gasteiger partial charge in [0.1, 0.15) is 5.82 Å². The Labute approximate surface area is 123 Å². The second-order valence-corrected chi connectivity index (χ2v) is 4.80. The van der Waals surface area contributed by atoms with Gasteiger partial charge in [0.15, 0.2) is 0 Å². The van der Waals surface area contributed by atoms with Crippen molar-refractivity contribution in [2.45, 2.75) is 25.7 Å². The number of aliphatic hydroxyl groups is 1. The molecule has 0 heterocycles. The molecule has 3 nitrogen and oxygen atoms in total. The van der Waals surface area contributed by atoms with Gasteiger partial charge in [0, 0.05) is 24.8 Å². The molecule has 0 aliphatic rings. The van der Waals surface area contributed by atoms with E-state index in [0.717, 1.165) is 25.7 Å². The Morgan fingerprint density at radius 1 is 1.30 bits per heavy atom. The standard InChI is InChI=1S/C15H19ClFNO2/c16-13-6-5-7-14(17)12(13)8-9-15(20)18-10-3-1-2-4-11-19/h5-9,19H,1-4,10-11H2,(H,18,20)/b9-8+. The molecule has 0 aromatic heterocycles. The zero-order valence-electron chi connectivity index (χ0n) is 11.2. The number of hydrogen-bond donors (Lipinski definition) is 2. The average molecular weight is 300 g/mol. The molecule has 0 saturated heterocycles. The van der Waals surface area contributed by atoms with Gasteiger partial charge in [-0.05, 0) is 31.1 Å². The predicted octanol–water partition coefficient (Wildman–Crippen LogP) is 3.16. The molecule has 0 saturated carbocycles. The van der Waals surface area contributed by atoms with Crippen molar-refractivity contribution in [2.24, 2.45) is 0 Å². The van der Waals surface area contributed by atoms with E-state index in [0.29, 0.717) is 6.54 Å². The summed E-state index contributed by atoms with van der Waals surface area (Å²) in [5, 5.41) is 11.6. The Kier molecular flexibility index (Phi) is 7.92. The predicted molar refractivity (Wildman–Crippen MR) is 79.0 cm³/mol. The Morgan fingerprint density at radius 2 is 2.05 bits per heavy atom. The molecule has 0 radical (unpaired) electrons. The number of carbonyl (C=O) groups excluding carboxylic acids is 1. The van der Waals surface area contributed by atoms with Crippen LogP contribution in [0.4, 0.5) is 4.39 Å². The highest BCUT2D eigenvalue weighted by Crippen LogP contribution is 2.20. The van der Waals surface area contributed by atoms with E-state index in [-0.39, 0.29) is 23.1 Å². The lowest BCUT2D eigenvalue weighted by Gasteiger charge is -2.02. The van der Waals surface area contributed by atoms with Crippen molar-refractivity contribution < 1.29 is 14.3 Å². The third-order valence-corrected chi connectivity index (χ3v) is 3.11. The number of unbranched alkanes of at least 4 members (excludes halogenated alkanes) is 3. The van der Waals surface area contributed by atoms with Gasteiger partial charge >= 0.3 is 0 Å². The Bertz CT molecular complexity index is 443. The first-order chi connectivity index (χ1) is 9.65. The van der Waals surface area contributed by atoms with Gasteiger partial charge in [-0.3, -0.25) is 4.79 Å². The number of carbonyl (C=O) groups is 1. The van der Waals surface area contributed by atoms with E-state index in [4.69, 9.17) is 16.7 Å². The third-order valence-electron chi connectivity index (χ3n) is 2.79. The van der Waals surface area contributed by atoms with Crippen LogP contribution in [0.3, 0.4) is 0 Å². The van der Waals surface area contributed by atoms with Crippen LogP contribution in [0.15, 0.2) is 24.3 Å². The molecule has 1 rings (SSSR count). The number of nitrogens with one attached hydrogen (secondary N) is 1. The summed E-state index contributed by atoms with van der Waals surface area (Å²) < 4.78 is 13.4. The molecule has 1 amide bonds. The quantitative estimate of drug-likeness (QED) is 0.572. The highest BCUT2D eigenvalue weighted by Gasteiger charge is 2.03. The average Bonchev–Trinajstić information content (AvgIpc) is 2.42. The Balaban J connectivity index is 2.33. The van der Waals surface area contributed by atoms with E-state index in [1.807, 2.05) is 0 Å². The fourth-order valence-corrected chi connectivity index (χ4v) is 1.92. The van der Waals surface area contributed by atoms with Gasteiger partial charge in [0.2, 0.25) is 5.91 Å². The van der Waals surface area contributed by atoms with E-state index < -0.39 is 5.82 Å². The molecular weight excluding hydrogens is 281 g/mol. The zero-order valence-corrected chi connectivity index (χ0v) is 12.0. The second-order valence-electron chi connectivity index (χ2n) is 4.40. The summed E-state index contributed by atoms with van der Waals surface area (Å²) >= 11 is 5.84. The number of aliphatic hydroxyl groups excluding tert-OH is 1. The highest BCUT2D eigenvalue weighted by atomic mass is 35.5. The molecule has 110 valence electrons. The van der Waals surface area contributed by atoms with Crippen LogP contribution in [-0.4, -0.2) is 24.2 Å².